The van der Waals surface area contributed by atoms with Crippen molar-refractivity contribution in [3.63, 3.8) is 0 Å². The highest BCUT2D eigenvalue weighted by molar-refractivity contribution is 5.42. The Balaban J connectivity index is 2.20. The number of hydrogen-bond donors (Lipinski definition) is 2. The van der Waals surface area contributed by atoms with E-state index in [9.17, 15) is 0 Å². The maximum atomic E-state index is 5.56. The molecule has 1 aromatic rings. The molecule has 0 aliphatic carbocycles. The minimum atomic E-state index is 0.388. The van der Waals surface area contributed by atoms with Crippen molar-refractivity contribution in [2.24, 2.45) is 0 Å². The minimum absolute atomic E-state index is 0.388. The number of hydrogen-bond acceptors (Lipinski definition) is 4. The first-order valence-electron chi connectivity index (χ1n) is 5.35. The molecule has 0 saturated heterocycles. The Morgan fingerprint density at radius 1 is 1.47 bits per heavy atom. The maximum absolute atomic E-state index is 5.56. The molecule has 0 unspecified atom stereocenters. The SMILES string of the molecule is CC(C)Nc1ccc2c(n1)OCCNC2. The monoisotopic (exact) mass is 207 g/mol. The summed E-state index contributed by atoms with van der Waals surface area (Å²) in [5, 5.41) is 6.54. The van der Waals surface area contributed by atoms with Crippen molar-refractivity contribution in [1.29, 1.82) is 0 Å². The number of nitrogens with zero attached hydrogens (tertiary/aromatic N) is 1. The summed E-state index contributed by atoms with van der Waals surface area (Å²) in [4.78, 5) is 4.44. The zero-order valence-electron chi connectivity index (χ0n) is 9.21. The number of fused-ring (bicyclic) bond motifs is 1. The van der Waals surface area contributed by atoms with Crippen LogP contribution in [0.1, 0.15) is 19.4 Å². The van der Waals surface area contributed by atoms with Crippen molar-refractivity contribution in [1.82, 2.24) is 10.3 Å². The molecule has 1 aliphatic rings. The Hall–Kier alpha value is -1.29. The summed E-state index contributed by atoms with van der Waals surface area (Å²) in [6, 6.07) is 4.44. The van der Waals surface area contributed by atoms with Crippen LogP contribution in [0.15, 0.2) is 12.1 Å². The van der Waals surface area contributed by atoms with Crippen LogP contribution in [-0.4, -0.2) is 24.2 Å². The quantitative estimate of drug-likeness (QED) is 0.769. The van der Waals surface area contributed by atoms with E-state index in [0.717, 1.165) is 30.4 Å². The lowest BCUT2D eigenvalue weighted by atomic mass is 10.2. The Bertz CT molecular complexity index is 339. The second kappa shape index (κ2) is 4.49. The summed E-state index contributed by atoms with van der Waals surface area (Å²) in [6.07, 6.45) is 0. The fourth-order valence-electron chi connectivity index (χ4n) is 1.55. The molecule has 2 rings (SSSR count). The van der Waals surface area contributed by atoms with E-state index in [1.165, 1.54) is 0 Å². The van der Waals surface area contributed by atoms with Gasteiger partial charge in [-0.2, -0.15) is 4.98 Å². The zero-order valence-corrected chi connectivity index (χ0v) is 9.21. The number of aromatic nitrogens is 1. The van der Waals surface area contributed by atoms with Gasteiger partial charge in [-0.15, -0.1) is 0 Å². The summed E-state index contributed by atoms with van der Waals surface area (Å²) in [7, 11) is 0. The fraction of sp³-hybridized carbons (Fsp3) is 0.545. The maximum Gasteiger partial charge on any atom is 0.219 e. The van der Waals surface area contributed by atoms with Crippen molar-refractivity contribution < 1.29 is 4.74 Å². The molecule has 0 aromatic carbocycles. The van der Waals surface area contributed by atoms with Crippen molar-refractivity contribution in [3.8, 4) is 5.88 Å². The molecule has 0 spiro atoms. The second-order valence-electron chi connectivity index (χ2n) is 3.99. The average molecular weight is 207 g/mol. The molecule has 1 aromatic heterocycles. The molecule has 82 valence electrons. The molecule has 0 radical (unpaired) electrons. The normalized spacial score (nSPS) is 15.4. The summed E-state index contributed by atoms with van der Waals surface area (Å²) < 4.78 is 5.56. The van der Waals surface area contributed by atoms with Gasteiger partial charge in [0.25, 0.3) is 0 Å². The molecular weight excluding hydrogens is 190 g/mol. The van der Waals surface area contributed by atoms with Gasteiger partial charge >= 0.3 is 0 Å². The van der Waals surface area contributed by atoms with Crippen LogP contribution >= 0.6 is 0 Å². The molecule has 0 saturated carbocycles. The highest BCUT2D eigenvalue weighted by Gasteiger charge is 2.10. The third-order valence-electron chi connectivity index (χ3n) is 2.21. The predicted octanol–water partition coefficient (Wildman–Crippen LogP) is 1.38. The van der Waals surface area contributed by atoms with Crippen LogP contribution < -0.4 is 15.4 Å². The lowest BCUT2D eigenvalue weighted by molar-refractivity contribution is 0.314. The lowest BCUT2D eigenvalue weighted by Crippen LogP contribution is -2.16. The molecule has 0 fully saturated rings. The predicted molar refractivity (Wildman–Crippen MR) is 60.2 cm³/mol. The molecule has 1 aliphatic heterocycles. The van der Waals surface area contributed by atoms with Crippen LogP contribution in [-0.2, 0) is 6.54 Å². The molecule has 4 heteroatoms. The van der Waals surface area contributed by atoms with Crippen LogP contribution in [0.2, 0.25) is 0 Å². The van der Waals surface area contributed by atoms with Gasteiger partial charge < -0.3 is 15.4 Å². The smallest absolute Gasteiger partial charge is 0.219 e. The van der Waals surface area contributed by atoms with E-state index in [4.69, 9.17) is 4.74 Å². The first-order valence-corrected chi connectivity index (χ1v) is 5.35. The van der Waals surface area contributed by atoms with Gasteiger partial charge in [0.05, 0.1) is 0 Å². The molecule has 0 atom stereocenters. The highest BCUT2D eigenvalue weighted by atomic mass is 16.5. The van der Waals surface area contributed by atoms with Gasteiger partial charge in [-0.05, 0) is 26.0 Å². The molecule has 4 nitrogen and oxygen atoms in total. The number of pyridine rings is 1. The van der Waals surface area contributed by atoms with Crippen LogP contribution in [0.5, 0.6) is 5.88 Å². The van der Waals surface area contributed by atoms with Gasteiger partial charge in [-0.3, -0.25) is 0 Å². The second-order valence-corrected chi connectivity index (χ2v) is 3.99. The zero-order chi connectivity index (χ0) is 10.7. The number of nitrogens with one attached hydrogen (secondary N) is 2. The van der Waals surface area contributed by atoms with Gasteiger partial charge in [0.2, 0.25) is 5.88 Å². The molecule has 15 heavy (non-hydrogen) atoms. The van der Waals surface area contributed by atoms with E-state index in [1.807, 2.05) is 6.07 Å². The van der Waals surface area contributed by atoms with E-state index in [0.29, 0.717) is 12.6 Å². The van der Waals surface area contributed by atoms with E-state index >= 15 is 0 Å². The Kier molecular flexibility index (Phi) is 3.06. The topological polar surface area (TPSA) is 46.2 Å². The lowest BCUT2D eigenvalue weighted by Gasteiger charge is -2.11. The number of ether oxygens (including phenoxy) is 1. The third-order valence-corrected chi connectivity index (χ3v) is 2.21. The van der Waals surface area contributed by atoms with E-state index in [2.05, 4.69) is 35.5 Å². The molecule has 0 bridgehead atoms. The third kappa shape index (κ3) is 2.59. The van der Waals surface area contributed by atoms with Crippen LogP contribution in [0.3, 0.4) is 0 Å². The van der Waals surface area contributed by atoms with Crippen molar-refractivity contribution in [2.75, 3.05) is 18.5 Å². The Morgan fingerprint density at radius 2 is 2.33 bits per heavy atom. The largest absolute Gasteiger partial charge is 0.476 e. The Labute approximate surface area is 90.0 Å². The summed E-state index contributed by atoms with van der Waals surface area (Å²) in [6.45, 7) is 6.59. The van der Waals surface area contributed by atoms with Gasteiger partial charge in [0.1, 0.15) is 12.4 Å². The van der Waals surface area contributed by atoms with E-state index in [-0.39, 0.29) is 0 Å². The first kappa shape index (κ1) is 10.2. The number of anilines is 1. The van der Waals surface area contributed by atoms with Crippen LogP contribution in [0.4, 0.5) is 5.82 Å². The van der Waals surface area contributed by atoms with Crippen LogP contribution in [0, 0.1) is 0 Å². The number of rotatable bonds is 2. The van der Waals surface area contributed by atoms with Crippen LogP contribution in [0.25, 0.3) is 0 Å². The Morgan fingerprint density at radius 3 is 3.13 bits per heavy atom. The molecule has 2 N–H and O–H groups in total. The summed E-state index contributed by atoms with van der Waals surface area (Å²) in [5.74, 6) is 1.64. The van der Waals surface area contributed by atoms with Gasteiger partial charge in [-0.1, -0.05) is 0 Å². The fourth-order valence-corrected chi connectivity index (χ4v) is 1.55. The van der Waals surface area contributed by atoms with Crippen molar-refractivity contribution in [3.05, 3.63) is 17.7 Å². The minimum Gasteiger partial charge on any atom is -0.476 e. The van der Waals surface area contributed by atoms with Gasteiger partial charge in [-0.25, -0.2) is 0 Å². The van der Waals surface area contributed by atoms with E-state index in [1.54, 1.807) is 0 Å². The van der Waals surface area contributed by atoms with Crippen molar-refractivity contribution in [2.45, 2.75) is 26.4 Å². The molecular formula is C11H17N3O. The molecule has 2 heterocycles. The van der Waals surface area contributed by atoms with Gasteiger partial charge in [0.15, 0.2) is 0 Å². The molecule has 0 amide bonds. The average Bonchev–Trinajstić information content (AvgIpc) is 2.41. The summed E-state index contributed by atoms with van der Waals surface area (Å²) >= 11 is 0. The standard InChI is InChI=1S/C11H17N3O/c1-8(2)13-10-4-3-9-7-12-5-6-15-11(9)14-10/h3-4,8,12H,5-7H2,1-2H3,(H,13,14). The first-order chi connectivity index (χ1) is 7.25. The van der Waals surface area contributed by atoms with Crippen molar-refractivity contribution >= 4 is 5.82 Å². The van der Waals surface area contributed by atoms with Gasteiger partial charge in [0, 0.05) is 24.7 Å². The summed E-state index contributed by atoms with van der Waals surface area (Å²) in [5.41, 5.74) is 1.13. The highest BCUT2D eigenvalue weighted by Crippen LogP contribution is 2.20. The van der Waals surface area contributed by atoms with E-state index < -0.39 is 0 Å².